The average Bonchev–Trinajstić information content (AvgIpc) is 3.14. The molecule has 0 radical (unpaired) electrons. The van der Waals surface area contributed by atoms with Gasteiger partial charge in [0, 0.05) is 12.6 Å². The minimum Gasteiger partial charge on any atom is -0.489 e. The summed E-state index contributed by atoms with van der Waals surface area (Å²) in [4.78, 5) is 37.8. The van der Waals surface area contributed by atoms with Crippen LogP contribution in [0.2, 0.25) is 5.02 Å². The van der Waals surface area contributed by atoms with Crippen LogP contribution < -0.4 is 21.0 Å². The first-order valence-corrected chi connectivity index (χ1v) is 12.2. The first-order valence-electron chi connectivity index (χ1n) is 11.8. The van der Waals surface area contributed by atoms with Crippen molar-refractivity contribution in [3.8, 4) is 11.4 Å². The molecule has 0 bridgehead atoms. The van der Waals surface area contributed by atoms with Crippen molar-refractivity contribution in [2.45, 2.75) is 20.5 Å². The molecule has 2 amide bonds. The van der Waals surface area contributed by atoms with Crippen LogP contribution in [-0.2, 0) is 23.2 Å². The summed E-state index contributed by atoms with van der Waals surface area (Å²) in [6, 6.07) is 20.1. The number of nitrogens with one attached hydrogen (secondary N) is 2. The van der Waals surface area contributed by atoms with Crippen LogP contribution in [0.4, 0.5) is 10.1 Å². The second-order valence-corrected chi connectivity index (χ2v) is 8.95. The molecule has 1 aromatic heterocycles. The first kappa shape index (κ1) is 27.3. The number of hydrogen-bond donors (Lipinski definition) is 2. The van der Waals surface area contributed by atoms with E-state index in [4.69, 9.17) is 16.3 Å². The van der Waals surface area contributed by atoms with Gasteiger partial charge in [-0.05, 0) is 67.9 Å². The largest absolute Gasteiger partial charge is 0.489 e. The Kier molecular flexibility index (Phi) is 8.26. The van der Waals surface area contributed by atoms with Crippen LogP contribution in [0.5, 0.6) is 5.75 Å². The van der Waals surface area contributed by atoms with E-state index in [9.17, 15) is 18.8 Å². The van der Waals surface area contributed by atoms with Crippen molar-refractivity contribution in [3.05, 3.63) is 111 Å². The maximum Gasteiger partial charge on any atom is 0.329 e. The molecule has 0 aliphatic heterocycles. The summed E-state index contributed by atoms with van der Waals surface area (Å²) >= 11 is 6.02. The summed E-state index contributed by atoms with van der Waals surface area (Å²) in [5.41, 5.74) is 4.14. The van der Waals surface area contributed by atoms with Crippen molar-refractivity contribution in [2.24, 2.45) is 12.1 Å². The number of ether oxygens (including phenoxy) is 1. The molecule has 0 unspecified atom stereocenters. The van der Waals surface area contributed by atoms with E-state index in [2.05, 4.69) is 15.8 Å². The molecule has 3 aromatic carbocycles. The summed E-state index contributed by atoms with van der Waals surface area (Å²) in [5.74, 6) is -2.04. The van der Waals surface area contributed by atoms with Gasteiger partial charge < -0.3 is 10.1 Å². The summed E-state index contributed by atoms with van der Waals surface area (Å²) in [6.45, 7) is 3.27. The van der Waals surface area contributed by atoms with E-state index in [1.807, 2.05) is 6.07 Å². The molecule has 11 heteroatoms. The number of benzene rings is 3. The Hall–Kier alpha value is -4.70. The molecule has 0 aliphatic rings. The number of carbonyl (C=O) groups excluding carboxylic acids is 2. The van der Waals surface area contributed by atoms with Crippen LogP contribution in [0, 0.1) is 12.7 Å². The number of nitrogens with zero attached hydrogens (tertiary/aromatic N) is 3. The molecular formula is C28H25ClFN5O4. The lowest BCUT2D eigenvalue weighted by atomic mass is 10.1. The highest BCUT2D eigenvalue weighted by atomic mass is 35.5. The highest BCUT2D eigenvalue weighted by Gasteiger charge is 2.21. The van der Waals surface area contributed by atoms with Gasteiger partial charge in [-0.3, -0.25) is 19.1 Å². The number of carbonyl (C=O) groups is 2. The standard InChI is InChI=1S/C28H25ClFN5O4/c1-17(19-12-14-21(15-13-19)39-16-22-23(29)10-7-11-24(22)30)32-33-27(37)26(36)31-25-18(2)34(3)35(28(25)38)20-8-5-4-6-9-20/h4-15H,16H2,1-3H3,(H,31,36)(H,33,37). The second kappa shape index (κ2) is 11.8. The molecule has 2 N–H and O–H groups in total. The van der Waals surface area contributed by atoms with Gasteiger partial charge >= 0.3 is 11.8 Å². The lowest BCUT2D eigenvalue weighted by molar-refractivity contribution is -0.136. The molecule has 4 aromatic rings. The number of rotatable bonds is 7. The van der Waals surface area contributed by atoms with Crippen molar-refractivity contribution in [1.82, 2.24) is 14.8 Å². The van der Waals surface area contributed by atoms with Gasteiger partial charge in [0.15, 0.2) is 0 Å². The highest BCUT2D eigenvalue weighted by molar-refractivity contribution is 6.39. The van der Waals surface area contributed by atoms with Crippen LogP contribution in [-0.4, -0.2) is 26.9 Å². The quantitative estimate of drug-likeness (QED) is 0.203. The minimum atomic E-state index is -1.04. The maximum absolute atomic E-state index is 13.9. The minimum absolute atomic E-state index is 0.00513. The van der Waals surface area contributed by atoms with E-state index >= 15 is 0 Å². The molecule has 0 spiro atoms. The molecule has 0 aliphatic carbocycles. The Morgan fingerprint density at radius 1 is 1.00 bits per heavy atom. The first-order chi connectivity index (χ1) is 18.7. The Morgan fingerprint density at radius 2 is 1.69 bits per heavy atom. The van der Waals surface area contributed by atoms with Gasteiger partial charge in [-0.1, -0.05) is 35.9 Å². The van der Waals surface area contributed by atoms with E-state index in [1.54, 1.807) is 80.2 Å². The van der Waals surface area contributed by atoms with Gasteiger partial charge in [0.2, 0.25) is 0 Å². The van der Waals surface area contributed by atoms with Gasteiger partial charge in [0.1, 0.15) is 23.9 Å². The third kappa shape index (κ3) is 6.07. The predicted octanol–water partition coefficient (Wildman–Crippen LogP) is 4.33. The molecule has 9 nitrogen and oxygen atoms in total. The molecule has 0 saturated heterocycles. The third-order valence-electron chi connectivity index (χ3n) is 6.04. The number of amides is 2. The molecule has 0 atom stereocenters. The van der Waals surface area contributed by atoms with E-state index in [0.717, 1.165) is 0 Å². The van der Waals surface area contributed by atoms with E-state index in [1.165, 1.54) is 16.8 Å². The van der Waals surface area contributed by atoms with Gasteiger partial charge in [-0.2, -0.15) is 5.10 Å². The number of halogens is 2. The lowest BCUT2D eigenvalue weighted by Gasteiger charge is -2.09. The third-order valence-corrected chi connectivity index (χ3v) is 6.40. The summed E-state index contributed by atoms with van der Waals surface area (Å²) in [6.07, 6.45) is 0. The van der Waals surface area contributed by atoms with Gasteiger partial charge in [-0.25, -0.2) is 14.5 Å². The molecule has 4 rings (SSSR count). The van der Waals surface area contributed by atoms with Crippen molar-refractivity contribution in [2.75, 3.05) is 5.32 Å². The zero-order chi connectivity index (χ0) is 28.1. The fourth-order valence-electron chi connectivity index (χ4n) is 3.75. The van der Waals surface area contributed by atoms with E-state index in [-0.39, 0.29) is 22.9 Å². The Morgan fingerprint density at radius 3 is 2.36 bits per heavy atom. The Balaban J connectivity index is 1.38. The van der Waals surface area contributed by atoms with Gasteiger partial charge in [-0.15, -0.1) is 0 Å². The maximum atomic E-state index is 13.9. The van der Waals surface area contributed by atoms with Crippen molar-refractivity contribution in [3.63, 3.8) is 0 Å². The predicted molar refractivity (Wildman–Crippen MR) is 147 cm³/mol. The van der Waals surface area contributed by atoms with Crippen LogP contribution >= 0.6 is 11.6 Å². The average molecular weight is 550 g/mol. The van der Waals surface area contributed by atoms with Gasteiger partial charge in [0.05, 0.1) is 22.1 Å². The zero-order valence-corrected chi connectivity index (χ0v) is 22.1. The number of hydrogen-bond acceptors (Lipinski definition) is 5. The lowest BCUT2D eigenvalue weighted by Crippen LogP contribution is -2.34. The number of hydrazone groups is 1. The molecule has 1 heterocycles. The summed E-state index contributed by atoms with van der Waals surface area (Å²) in [7, 11) is 1.68. The fourth-order valence-corrected chi connectivity index (χ4v) is 3.97. The SMILES string of the molecule is CC(=NNC(=O)C(=O)Nc1c(C)n(C)n(-c2ccccc2)c1=O)c1ccc(OCc2c(F)cccc2Cl)cc1. The van der Waals surface area contributed by atoms with E-state index in [0.29, 0.717) is 28.4 Å². The van der Waals surface area contributed by atoms with Crippen molar-refractivity contribution >= 4 is 34.8 Å². The summed E-state index contributed by atoms with van der Waals surface area (Å²) < 4.78 is 22.5. The van der Waals surface area contributed by atoms with Crippen molar-refractivity contribution < 1.29 is 18.7 Å². The second-order valence-electron chi connectivity index (χ2n) is 8.54. The van der Waals surface area contributed by atoms with Crippen LogP contribution in [0.15, 0.2) is 82.7 Å². The van der Waals surface area contributed by atoms with Crippen molar-refractivity contribution in [1.29, 1.82) is 0 Å². The molecular weight excluding hydrogens is 525 g/mol. The monoisotopic (exact) mass is 549 g/mol. The molecule has 0 saturated carbocycles. The zero-order valence-electron chi connectivity index (χ0n) is 21.4. The number of para-hydroxylation sites is 1. The fraction of sp³-hybridized carbons (Fsp3) is 0.143. The van der Waals surface area contributed by atoms with E-state index < -0.39 is 23.2 Å². The molecule has 0 fully saturated rings. The normalized spacial score (nSPS) is 11.3. The number of anilines is 1. The highest BCUT2D eigenvalue weighted by Crippen LogP contribution is 2.22. The van der Waals surface area contributed by atoms with Crippen LogP contribution in [0.3, 0.4) is 0 Å². The molecule has 39 heavy (non-hydrogen) atoms. The van der Waals surface area contributed by atoms with Crippen LogP contribution in [0.25, 0.3) is 5.69 Å². The summed E-state index contributed by atoms with van der Waals surface area (Å²) in [5, 5.41) is 6.64. The molecule has 200 valence electrons. The Labute approximate surface area is 228 Å². The topological polar surface area (TPSA) is 107 Å². The van der Waals surface area contributed by atoms with Crippen LogP contribution in [0.1, 0.15) is 23.7 Å². The van der Waals surface area contributed by atoms with Gasteiger partial charge in [0.25, 0.3) is 5.56 Å². The number of aromatic nitrogens is 2. The smallest absolute Gasteiger partial charge is 0.329 e. The Bertz CT molecular complexity index is 1590.